The molecule has 0 unspecified atom stereocenters. The zero-order chi connectivity index (χ0) is 12.4. The van der Waals surface area contributed by atoms with E-state index in [2.05, 4.69) is 31.0 Å². The van der Waals surface area contributed by atoms with Crippen molar-refractivity contribution >= 4 is 39.0 Å². The van der Waals surface area contributed by atoms with E-state index in [4.69, 9.17) is 5.73 Å². The van der Waals surface area contributed by atoms with Gasteiger partial charge in [-0.1, -0.05) is 13.8 Å². The van der Waals surface area contributed by atoms with Crippen LogP contribution in [0.1, 0.15) is 25.3 Å². The first-order chi connectivity index (χ1) is 8.06. The van der Waals surface area contributed by atoms with Crippen LogP contribution in [0.4, 0.5) is 5.69 Å². The lowest BCUT2D eigenvalue weighted by Gasteiger charge is -2.07. The quantitative estimate of drug-likeness (QED) is 0.661. The molecule has 2 N–H and O–H groups in total. The number of nitrogens with zero attached hydrogens (tertiary/aromatic N) is 1. The summed E-state index contributed by atoms with van der Waals surface area (Å²) in [5, 5.41) is 1.10. The Bertz CT molecular complexity index is 517. The lowest BCUT2D eigenvalue weighted by Crippen LogP contribution is -1.92. The van der Waals surface area contributed by atoms with E-state index >= 15 is 0 Å². The molecule has 0 amide bonds. The van der Waals surface area contributed by atoms with Crippen molar-refractivity contribution in [2.45, 2.75) is 32.1 Å². The summed E-state index contributed by atoms with van der Waals surface area (Å²) in [5.74, 6) is 1.87. The second kappa shape index (κ2) is 5.27. The van der Waals surface area contributed by atoms with Gasteiger partial charge in [-0.05, 0) is 37.1 Å². The van der Waals surface area contributed by atoms with Gasteiger partial charge in [0.05, 0.1) is 15.2 Å². The van der Waals surface area contributed by atoms with E-state index in [1.807, 2.05) is 18.7 Å². The number of rotatable bonds is 4. The second-order valence-electron chi connectivity index (χ2n) is 4.62. The number of hydrogen-bond donors (Lipinski definition) is 1. The molecule has 0 radical (unpaired) electrons. The zero-order valence-corrected chi connectivity index (χ0v) is 12.1. The molecule has 2 rings (SSSR count). The van der Waals surface area contributed by atoms with Gasteiger partial charge in [0.2, 0.25) is 0 Å². The van der Waals surface area contributed by atoms with Gasteiger partial charge in [-0.25, -0.2) is 4.98 Å². The summed E-state index contributed by atoms with van der Waals surface area (Å²) < 4.78 is 1.19. The molecular weight excluding hydrogens is 248 g/mol. The largest absolute Gasteiger partial charge is 0.398 e. The summed E-state index contributed by atoms with van der Waals surface area (Å²) in [7, 11) is 0. The van der Waals surface area contributed by atoms with Crippen molar-refractivity contribution in [1.29, 1.82) is 0 Å². The minimum atomic E-state index is 0.744. The van der Waals surface area contributed by atoms with Crippen molar-refractivity contribution in [3.8, 4) is 0 Å². The third-order valence-corrected chi connectivity index (χ3v) is 4.62. The van der Waals surface area contributed by atoms with Crippen molar-refractivity contribution in [2.24, 2.45) is 5.92 Å². The summed E-state index contributed by atoms with van der Waals surface area (Å²) in [5.41, 5.74) is 8.03. The first kappa shape index (κ1) is 12.7. The highest BCUT2D eigenvalue weighted by Crippen LogP contribution is 2.33. The molecule has 17 heavy (non-hydrogen) atoms. The Morgan fingerprint density at radius 1 is 1.41 bits per heavy atom. The van der Waals surface area contributed by atoms with Crippen molar-refractivity contribution in [3.05, 3.63) is 17.1 Å². The molecule has 1 heterocycles. The van der Waals surface area contributed by atoms with Crippen LogP contribution in [-0.4, -0.2) is 10.7 Å². The Morgan fingerprint density at radius 3 is 2.88 bits per heavy atom. The fourth-order valence-electron chi connectivity index (χ4n) is 1.62. The number of nitrogen functional groups attached to an aromatic ring is 1. The summed E-state index contributed by atoms with van der Waals surface area (Å²) in [4.78, 5) is 5.68. The Kier molecular flexibility index (Phi) is 3.94. The van der Waals surface area contributed by atoms with Crippen LogP contribution in [0.2, 0.25) is 0 Å². The lowest BCUT2D eigenvalue weighted by atomic mass is 10.2. The van der Waals surface area contributed by atoms with Crippen molar-refractivity contribution < 1.29 is 0 Å². The predicted molar refractivity (Wildman–Crippen MR) is 78.9 cm³/mol. The number of thiazole rings is 1. The van der Waals surface area contributed by atoms with Gasteiger partial charge in [0.15, 0.2) is 0 Å². The van der Waals surface area contributed by atoms with Crippen LogP contribution >= 0.6 is 23.1 Å². The number of aromatic nitrogens is 1. The highest BCUT2D eigenvalue weighted by molar-refractivity contribution is 7.99. The zero-order valence-electron chi connectivity index (χ0n) is 10.5. The van der Waals surface area contributed by atoms with E-state index in [-0.39, 0.29) is 0 Å². The standard InChI is InChI=1S/C13H18N2S2/c1-8(2)4-5-16-12-7-11-13(6-10(12)14)17-9(3)15-11/h6-8H,4-5,14H2,1-3H3. The molecule has 0 spiro atoms. The molecule has 2 aromatic rings. The van der Waals surface area contributed by atoms with Gasteiger partial charge in [-0.3, -0.25) is 0 Å². The number of anilines is 1. The van der Waals surface area contributed by atoms with Gasteiger partial charge < -0.3 is 5.73 Å². The highest BCUT2D eigenvalue weighted by Gasteiger charge is 2.07. The van der Waals surface area contributed by atoms with E-state index in [9.17, 15) is 0 Å². The maximum absolute atomic E-state index is 6.07. The van der Waals surface area contributed by atoms with Gasteiger partial charge >= 0.3 is 0 Å². The van der Waals surface area contributed by atoms with Gasteiger partial charge in [0, 0.05) is 10.6 Å². The monoisotopic (exact) mass is 266 g/mol. The molecule has 0 aliphatic heterocycles. The Balaban J connectivity index is 2.18. The van der Waals surface area contributed by atoms with Crippen LogP contribution in [0.25, 0.3) is 10.2 Å². The molecule has 4 heteroatoms. The predicted octanol–water partition coefficient (Wildman–Crippen LogP) is 4.33. The Hall–Kier alpha value is -0.740. The highest BCUT2D eigenvalue weighted by atomic mass is 32.2. The molecule has 0 aliphatic carbocycles. The van der Waals surface area contributed by atoms with Crippen molar-refractivity contribution in [1.82, 2.24) is 4.98 Å². The maximum atomic E-state index is 6.07. The molecule has 2 nitrogen and oxygen atoms in total. The first-order valence-corrected chi connectivity index (χ1v) is 7.66. The molecule has 0 fully saturated rings. The maximum Gasteiger partial charge on any atom is 0.0907 e. The first-order valence-electron chi connectivity index (χ1n) is 5.85. The minimum absolute atomic E-state index is 0.744. The van der Waals surface area contributed by atoms with E-state index in [0.29, 0.717) is 0 Å². The minimum Gasteiger partial charge on any atom is -0.398 e. The van der Waals surface area contributed by atoms with Crippen LogP contribution in [0, 0.1) is 12.8 Å². The number of benzene rings is 1. The number of nitrogens with two attached hydrogens (primary N) is 1. The third-order valence-electron chi connectivity index (χ3n) is 2.58. The van der Waals surface area contributed by atoms with E-state index < -0.39 is 0 Å². The summed E-state index contributed by atoms with van der Waals surface area (Å²) >= 11 is 3.54. The SMILES string of the molecule is Cc1nc2cc(SCCC(C)C)c(N)cc2s1. The Labute approximate surface area is 111 Å². The average molecular weight is 266 g/mol. The van der Waals surface area contributed by atoms with E-state index in [0.717, 1.165) is 27.9 Å². The molecule has 0 atom stereocenters. The fourth-order valence-corrected chi connectivity index (χ4v) is 3.70. The summed E-state index contributed by atoms with van der Waals surface area (Å²) in [6.45, 7) is 6.53. The molecule has 0 saturated carbocycles. The van der Waals surface area contributed by atoms with Crippen LogP contribution in [0.15, 0.2) is 17.0 Å². The fraction of sp³-hybridized carbons (Fsp3) is 0.462. The van der Waals surface area contributed by atoms with Gasteiger partial charge in [-0.2, -0.15) is 0 Å². The summed E-state index contributed by atoms with van der Waals surface area (Å²) in [6, 6.07) is 4.18. The molecule has 0 bridgehead atoms. The number of fused-ring (bicyclic) bond motifs is 1. The third kappa shape index (κ3) is 3.13. The van der Waals surface area contributed by atoms with Gasteiger partial charge in [-0.15, -0.1) is 23.1 Å². The average Bonchev–Trinajstić information content (AvgIpc) is 2.57. The van der Waals surface area contributed by atoms with Gasteiger partial charge in [0.25, 0.3) is 0 Å². The van der Waals surface area contributed by atoms with Crippen LogP contribution < -0.4 is 5.73 Å². The van der Waals surface area contributed by atoms with Crippen LogP contribution in [0.3, 0.4) is 0 Å². The lowest BCUT2D eigenvalue weighted by molar-refractivity contribution is 0.632. The number of thioether (sulfide) groups is 1. The van der Waals surface area contributed by atoms with Crippen LogP contribution in [0.5, 0.6) is 0 Å². The molecule has 92 valence electrons. The number of hydrogen-bond acceptors (Lipinski definition) is 4. The van der Waals surface area contributed by atoms with Gasteiger partial charge in [0.1, 0.15) is 0 Å². The Morgan fingerprint density at radius 2 is 2.18 bits per heavy atom. The summed E-state index contributed by atoms with van der Waals surface area (Å²) in [6.07, 6.45) is 1.22. The number of aryl methyl sites for hydroxylation is 1. The van der Waals surface area contributed by atoms with Crippen molar-refractivity contribution in [3.63, 3.8) is 0 Å². The van der Waals surface area contributed by atoms with Crippen LogP contribution in [-0.2, 0) is 0 Å². The second-order valence-corrected chi connectivity index (χ2v) is 6.99. The molecule has 1 aromatic heterocycles. The normalized spacial score (nSPS) is 11.5. The topological polar surface area (TPSA) is 38.9 Å². The smallest absolute Gasteiger partial charge is 0.0907 e. The molecule has 0 aliphatic rings. The molecular formula is C13H18N2S2. The van der Waals surface area contributed by atoms with Crippen molar-refractivity contribution in [2.75, 3.05) is 11.5 Å². The van der Waals surface area contributed by atoms with E-state index in [1.54, 1.807) is 11.3 Å². The molecule has 0 saturated heterocycles. The molecule has 1 aromatic carbocycles. The van der Waals surface area contributed by atoms with E-state index in [1.165, 1.54) is 16.0 Å².